The molecule has 0 radical (unpaired) electrons. The number of halogens is 1. The third-order valence-corrected chi connectivity index (χ3v) is 5.60. The van der Waals surface area contributed by atoms with Gasteiger partial charge >= 0.3 is 0 Å². The highest BCUT2D eigenvalue weighted by molar-refractivity contribution is 9.10. The predicted octanol–water partition coefficient (Wildman–Crippen LogP) is 3.06. The molecule has 5 heteroatoms. The Hall–Kier alpha value is -1.36. The molecule has 0 spiro atoms. The summed E-state index contributed by atoms with van der Waals surface area (Å²) in [5.41, 5.74) is 1.12. The second-order valence-corrected chi connectivity index (χ2v) is 7.51. The van der Waals surface area contributed by atoms with Gasteiger partial charge in [0.1, 0.15) is 0 Å². The van der Waals surface area contributed by atoms with Crippen molar-refractivity contribution in [1.29, 1.82) is 0 Å². The number of carbonyl (C=O) groups excluding carboxylic acids is 2. The lowest BCUT2D eigenvalue weighted by Crippen LogP contribution is -2.43. The van der Waals surface area contributed by atoms with Crippen molar-refractivity contribution in [3.05, 3.63) is 34.3 Å². The van der Waals surface area contributed by atoms with Gasteiger partial charge in [-0.3, -0.25) is 9.59 Å². The van der Waals surface area contributed by atoms with Crippen molar-refractivity contribution in [2.24, 2.45) is 11.8 Å². The van der Waals surface area contributed by atoms with E-state index in [-0.39, 0.29) is 17.7 Å². The van der Waals surface area contributed by atoms with Gasteiger partial charge in [0.25, 0.3) is 0 Å². The molecule has 3 rings (SSSR count). The molecule has 0 unspecified atom stereocenters. The Morgan fingerprint density at radius 3 is 2.39 bits per heavy atom. The van der Waals surface area contributed by atoms with Gasteiger partial charge in [-0.05, 0) is 37.3 Å². The molecule has 23 heavy (non-hydrogen) atoms. The Balaban J connectivity index is 1.52. The zero-order valence-corrected chi connectivity index (χ0v) is 15.1. The Bertz CT molecular complexity index is 592. The molecular weight excluding hydrogens is 356 g/mol. The standard InChI is InChI=1S/C18H23BrN2O2/c1-20(12-15-4-2-3-5-16(15)19)17(22)14-8-10-21(11-9-14)18(23)13-6-7-13/h2-5,13-14H,6-12H2,1H3. The van der Waals surface area contributed by atoms with Crippen LogP contribution in [-0.2, 0) is 16.1 Å². The largest absolute Gasteiger partial charge is 0.342 e. The first kappa shape index (κ1) is 16.5. The molecule has 1 aliphatic heterocycles. The van der Waals surface area contributed by atoms with Crippen molar-refractivity contribution in [2.45, 2.75) is 32.2 Å². The molecule has 1 aromatic rings. The average molecular weight is 379 g/mol. The summed E-state index contributed by atoms with van der Waals surface area (Å²) in [6, 6.07) is 7.99. The summed E-state index contributed by atoms with van der Waals surface area (Å²) in [6.45, 7) is 2.07. The first-order valence-corrected chi connectivity index (χ1v) is 9.12. The molecule has 1 aromatic carbocycles. The molecule has 1 heterocycles. The Morgan fingerprint density at radius 2 is 1.78 bits per heavy atom. The Labute approximate surface area is 146 Å². The van der Waals surface area contributed by atoms with E-state index >= 15 is 0 Å². The van der Waals surface area contributed by atoms with Crippen LogP contribution >= 0.6 is 15.9 Å². The van der Waals surface area contributed by atoms with E-state index in [1.807, 2.05) is 41.1 Å². The maximum absolute atomic E-state index is 12.6. The van der Waals surface area contributed by atoms with Crippen LogP contribution in [-0.4, -0.2) is 41.8 Å². The third-order valence-electron chi connectivity index (χ3n) is 4.82. The van der Waals surface area contributed by atoms with Crippen molar-refractivity contribution in [1.82, 2.24) is 9.80 Å². The third kappa shape index (κ3) is 3.94. The highest BCUT2D eigenvalue weighted by atomic mass is 79.9. The summed E-state index contributed by atoms with van der Waals surface area (Å²) < 4.78 is 1.03. The highest BCUT2D eigenvalue weighted by Gasteiger charge is 2.36. The van der Waals surface area contributed by atoms with E-state index in [9.17, 15) is 9.59 Å². The highest BCUT2D eigenvalue weighted by Crippen LogP contribution is 2.32. The van der Waals surface area contributed by atoms with Gasteiger partial charge in [0, 0.05) is 43.0 Å². The lowest BCUT2D eigenvalue weighted by Gasteiger charge is -2.33. The Kier molecular flexibility index (Phi) is 5.05. The van der Waals surface area contributed by atoms with Crippen molar-refractivity contribution >= 4 is 27.7 Å². The van der Waals surface area contributed by atoms with Crippen molar-refractivity contribution in [2.75, 3.05) is 20.1 Å². The maximum Gasteiger partial charge on any atom is 0.225 e. The van der Waals surface area contributed by atoms with Crippen molar-refractivity contribution in [3.8, 4) is 0 Å². The van der Waals surface area contributed by atoms with Crippen LogP contribution in [0.15, 0.2) is 28.7 Å². The molecular formula is C18H23BrN2O2. The number of hydrogen-bond acceptors (Lipinski definition) is 2. The fourth-order valence-corrected chi connectivity index (χ4v) is 3.62. The summed E-state index contributed by atoms with van der Waals surface area (Å²) in [5.74, 6) is 0.822. The lowest BCUT2D eigenvalue weighted by molar-refractivity contribution is -0.140. The summed E-state index contributed by atoms with van der Waals surface area (Å²) in [6.07, 6.45) is 3.67. The van der Waals surface area contributed by atoms with Crippen LogP contribution in [0.5, 0.6) is 0 Å². The first-order chi connectivity index (χ1) is 11.1. The quantitative estimate of drug-likeness (QED) is 0.807. The van der Waals surface area contributed by atoms with Crippen LogP contribution < -0.4 is 0 Å². The number of nitrogens with zero attached hydrogens (tertiary/aromatic N) is 2. The number of carbonyl (C=O) groups is 2. The van der Waals surface area contributed by atoms with Gasteiger partial charge in [-0.15, -0.1) is 0 Å². The van der Waals surface area contributed by atoms with E-state index in [1.165, 1.54) is 0 Å². The minimum atomic E-state index is 0.0470. The minimum Gasteiger partial charge on any atom is -0.342 e. The fraction of sp³-hybridized carbons (Fsp3) is 0.556. The van der Waals surface area contributed by atoms with Gasteiger partial charge in [-0.2, -0.15) is 0 Å². The van der Waals surface area contributed by atoms with Gasteiger partial charge in [0.05, 0.1) is 0 Å². The fourth-order valence-electron chi connectivity index (χ4n) is 3.21. The lowest BCUT2D eigenvalue weighted by atomic mass is 9.95. The topological polar surface area (TPSA) is 40.6 Å². The van der Waals surface area contributed by atoms with Gasteiger partial charge < -0.3 is 9.80 Å². The predicted molar refractivity (Wildman–Crippen MR) is 92.6 cm³/mol. The summed E-state index contributed by atoms with van der Waals surface area (Å²) in [7, 11) is 1.86. The number of amides is 2. The number of benzene rings is 1. The van der Waals surface area contributed by atoms with Crippen LogP contribution in [0.2, 0.25) is 0 Å². The Morgan fingerprint density at radius 1 is 1.13 bits per heavy atom. The molecule has 0 aromatic heterocycles. The zero-order valence-electron chi connectivity index (χ0n) is 13.5. The molecule has 124 valence electrons. The molecule has 0 N–H and O–H groups in total. The number of hydrogen-bond donors (Lipinski definition) is 0. The van der Waals surface area contributed by atoms with Crippen LogP contribution in [0.3, 0.4) is 0 Å². The average Bonchev–Trinajstić information content (AvgIpc) is 3.40. The molecule has 0 atom stereocenters. The molecule has 2 fully saturated rings. The molecule has 4 nitrogen and oxygen atoms in total. The van der Waals surface area contributed by atoms with E-state index in [2.05, 4.69) is 15.9 Å². The van der Waals surface area contributed by atoms with Gasteiger partial charge in [-0.1, -0.05) is 34.1 Å². The van der Waals surface area contributed by atoms with Crippen LogP contribution in [0, 0.1) is 11.8 Å². The van der Waals surface area contributed by atoms with Crippen molar-refractivity contribution < 1.29 is 9.59 Å². The summed E-state index contributed by atoms with van der Waals surface area (Å²) in [5, 5.41) is 0. The monoisotopic (exact) mass is 378 g/mol. The van der Waals surface area contributed by atoms with Crippen LogP contribution in [0.1, 0.15) is 31.2 Å². The zero-order chi connectivity index (χ0) is 16.4. The number of rotatable bonds is 4. The van der Waals surface area contributed by atoms with Gasteiger partial charge in [-0.25, -0.2) is 0 Å². The van der Waals surface area contributed by atoms with E-state index in [4.69, 9.17) is 0 Å². The second kappa shape index (κ2) is 7.04. The normalized spacial score (nSPS) is 18.8. The van der Waals surface area contributed by atoms with E-state index in [1.54, 1.807) is 0 Å². The summed E-state index contributed by atoms with van der Waals surface area (Å²) >= 11 is 3.53. The SMILES string of the molecule is CN(Cc1ccccc1Br)C(=O)C1CCN(C(=O)C2CC2)CC1. The molecule has 1 saturated carbocycles. The molecule has 1 aliphatic carbocycles. The van der Waals surface area contributed by atoms with E-state index in [0.29, 0.717) is 12.5 Å². The number of likely N-dealkylation sites (tertiary alicyclic amines) is 1. The molecule has 2 amide bonds. The van der Waals surface area contributed by atoms with Gasteiger partial charge in [0.2, 0.25) is 11.8 Å². The van der Waals surface area contributed by atoms with Crippen LogP contribution in [0.4, 0.5) is 0 Å². The van der Waals surface area contributed by atoms with Crippen molar-refractivity contribution in [3.63, 3.8) is 0 Å². The molecule has 1 saturated heterocycles. The number of piperidine rings is 1. The second-order valence-electron chi connectivity index (χ2n) is 6.66. The minimum absolute atomic E-state index is 0.0470. The summed E-state index contributed by atoms with van der Waals surface area (Å²) in [4.78, 5) is 28.5. The van der Waals surface area contributed by atoms with E-state index < -0.39 is 0 Å². The first-order valence-electron chi connectivity index (χ1n) is 8.33. The molecule has 0 bridgehead atoms. The smallest absolute Gasteiger partial charge is 0.225 e. The van der Waals surface area contributed by atoms with Gasteiger partial charge in [0.15, 0.2) is 0 Å². The van der Waals surface area contributed by atoms with Crippen LogP contribution in [0.25, 0.3) is 0 Å². The maximum atomic E-state index is 12.6. The van der Waals surface area contributed by atoms with E-state index in [0.717, 1.165) is 48.8 Å². The molecule has 2 aliphatic rings.